The van der Waals surface area contributed by atoms with E-state index in [-0.39, 0.29) is 23.4 Å². The van der Waals surface area contributed by atoms with Gasteiger partial charge < -0.3 is 25.2 Å². The number of halogens is 4. The van der Waals surface area contributed by atoms with E-state index in [1.165, 1.54) is 39.0 Å². The van der Waals surface area contributed by atoms with Crippen LogP contribution in [-0.2, 0) is 27.2 Å². The van der Waals surface area contributed by atoms with Gasteiger partial charge in [0.05, 0.1) is 23.5 Å². The predicted molar refractivity (Wildman–Crippen MR) is 144 cm³/mol. The minimum absolute atomic E-state index is 0.00632. The number of aliphatic hydroxyl groups is 1. The van der Waals surface area contributed by atoms with Gasteiger partial charge in [-0.05, 0) is 81.1 Å². The van der Waals surface area contributed by atoms with Gasteiger partial charge in [0.15, 0.2) is 0 Å². The van der Waals surface area contributed by atoms with Gasteiger partial charge in [0.25, 0.3) is 0 Å². The van der Waals surface area contributed by atoms with Crippen LogP contribution < -0.4 is 10.6 Å². The number of carbonyl (C=O) groups is 2. The second kappa shape index (κ2) is 11.6. The number of alkyl halides is 3. The molecule has 1 heterocycles. The average Bonchev–Trinajstić information content (AvgIpc) is 3.70. The highest BCUT2D eigenvalue weighted by atomic mass is 19.4. The van der Waals surface area contributed by atoms with Crippen LogP contribution in [0.2, 0.25) is 0 Å². The molecular weight excluding hydrogens is 558 g/mol. The van der Waals surface area contributed by atoms with Gasteiger partial charge in [-0.3, -0.25) is 0 Å². The van der Waals surface area contributed by atoms with E-state index in [1.54, 1.807) is 24.3 Å². The lowest BCUT2D eigenvalue weighted by Gasteiger charge is -2.32. The zero-order chi connectivity index (χ0) is 30.8. The van der Waals surface area contributed by atoms with Crippen LogP contribution in [0.1, 0.15) is 50.4 Å². The Morgan fingerprint density at radius 2 is 1.62 bits per heavy atom. The monoisotopic (exact) mass is 589 g/mol. The number of hydrogen-bond donors (Lipinski definition) is 3. The van der Waals surface area contributed by atoms with Crippen molar-refractivity contribution >= 4 is 12.2 Å². The molecule has 0 bridgehead atoms. The van der Waals surface area contributed by atoms with E-state index in [1.807, 2.05) is 11.4 Å². The van der Waals surface area contributed by atoms with Gasteiger partial charge in [-0.2, -0.15) is 13.2 Å². The Morgan fingerprint density at radius 1 is 0.976 bits per heavy atom. The molecule has 224 valence electrons. The van der Waals surface area contributed by atoms with Crippen LogP contribution in [0, 0.1) is 5.82 Å². The molecule has 0 saturated heterocycles. The molecule has 1 saturated carbocycles. The summed E-state index contributed by atoms with van der Waals surface area (Å²) in [6.07, 6.45) is -6.48. The van der Waals surface area contributed by atoms with Crippen LogP contribution in [0.25, 0.3) is 11.3 Å². The summed E-state index contributed by atoms with van der Waals surface area (Å²) in [7, 11) is 0. The third kappa shape index (κ3) is 7.35. The molecule has 1 aliphatic rings. The van der Waals surface area contributed by atoms with Gasteiger partial charge >= 0.3 is 18.4 Å². The lowest BCUT2D eigenvalue weighted by molar-refractivity contribution is -0.265. The molecule has 0 spiro atoms. The van der Waals surface area contributed by atoms with Gasteiger partial charge in [-0.25, -0.2) is 19.0 Å². The first-order valence-corrected chi connectivity index (χ1v) is 13.1. The van der Waals surface area contributed by atoms with Gasteiger partial charge in [0.2, 0.25) is 5.60 Å². The maximum Gasteiger partial charge on any atom is 0.424 e. The molecule has 2 amide bonds. The smallest absolute Gasteiger partial charge is 0.424 e. The normalized spacial score (nSPS) is 15.7. The van der Waals surface area contributed by atoms with Crippen molar-refractivity contribution in [2.24, 2.45) is 0 Å². The number of rotatable bonds is 8. The van der Waals surface area contributed by atoms with Crippen LogP contribution in [-0.4, -0.2) is 40.6 Å². The molecule has 4 rings (SSSR count). The molecule has 1 aromatic heterocycles. The van der Waals surface area contributed by atoms with Crippen molar-refractivity contribution < 1.29 is 41.7 Å². The maximum absolute atomic E-state index is 14.5. The fraction of sp³-hybridized carbons (Fsp3) is 0.367. The quantitative estimate of drug-likeness (QED) is 0.275. The number of aromatic nitrogens is 1. The first-order valence-electron chi connectivity index (χ1n) is 13.1. The number of nitrogens with one attached hydrogen (secondary N) is 2. The Morgan fingerprint density at radius 3 is 2.19 bits per heavy atom. The third-order valence-corrected chi connectivity index (χ3v) is 6.60. The molecule has 42 heavy (non-hydrogen) atoms. The zero-order valence-corrected chi connectivity index (χ0v) is 23.2. The van der Waals surface area contributed by atoms with Crippen LogP contribution in [0.4, 0.5) is 27.2 Å². The zero-order valence-electron chi connectivity index (χ0n) is 23.2. The summed E-state index contributed by atoms with van der Waals surface area (Å²) in [4.78, 5) is 29.0. The van der Waals surface area contributed by atoms with Crippen molar-refractivity contribution in [3.8, 4) is 11.3 Å². The van der Waals surface area contributed by atoms with Crippen molar-refractivity contribution in [1.82, 2.24) is 15.6 Å². The van der Waals surface area contributed by atoms with Gasteiger partial charge in [-0.1, -0.05) is 30.3 Å². The van der Waals surface area contributed by atoms with Crippen LogP contribution in [0.3, 0.4) is 0 Å². The number of alkyl carbamates (subject to hydrolysis) is 2. The van der Waals surface area contributed by atoms with Gasteiger partial charge in [-0.15, -0.1) is 0 Å². The number of hydrogen-bond acceptors (Lipinski definition) is 6. The van der Waals surface area contributed by atoms with Gasteiger partial charge in [0.1, 0.15) is 18.0 Å². The first kappa shape index (κ1) is 30.8. The van der Waals surface area contributed by atoms with Crippen LogP contribution >= 0.6 is 0 Å². The van der Waals surface area contributed by atoms with E-state index in [0.717, 1.165) is 23.8 Å². The molecular formula is C30H31F4N3O5. The standard InChI is InChI=1S/C30H31F4N3O5/c1-27(2,3)42-25(38)35-18-29(40,30(32,33)34)24-16-21(15-23(36-24)20-9-11-22(31)12-10-20)28(13-14-28)37-26(39)41-17-19-7-5-4-6-8-19/h4-12,15-16,40H,13-14,17-18H2,1-3H3,(H,35,38)(H,37,39). The summed E-state index contributed by atoms with van der Waals surface area (Å²) in [6, 6.07) is 16.3. The SMILES string of the molecule is CC(C)(C)OC(=O)NCC(O)(c1cc(C2(NC(=O)OCc3ccccc3)CC2)cc(-c2ccc(F)cc2)n1)C(F)(F)F. The summed E-state index contributed by atoms with van der Waals surface area (Å²) in [5.41, 5.74) is -5.32. The van der Waals surface area contributed by atoms with E-state index in [4.69, 9.17) is 9.47 Å². The fourth-order valence-electron chi connectivity index (χ4n) is 4.20. The minimum atomic E-state index is -5.29. The lowest BCUT2D eigenvalue weighted by atomic mass is 9.92. The molecule has 3 N–H and O–H groups in total. The highest BCUT2D eigenvalue weighted by molar-refractivity contribution is 5.70. The van der Waals surface area contributed by atoms with Crippen molar-refractivity contribution in [1.29, 1.82) is 0 Å². The lowest BCUT2D eigenvalue weighted by Crippen LogP contribution is -2.52. The highest BCUT2D eigenvalue weighted by Gasteiger charge is 2.57. The summed E-state index contributed by atoms with van der Waals surface area (Å²) in [5.74, 6) is -0.565. The van der Waals surface area contributed by atoms with E-state index >= 15 is 0 Å². The predicted octanol–water partition coefficient (Wildman–Crippen LogP) is 6.08. The number of pyridine rings is 1. The van der Waals surface area contributed by atoms with E-state index in [9.17, 15) is 32.3 Å². The largest absolute Gasteiger partial charge is 0.445 e. The van der Waals surface area contributed by atoms with Gasteiger partial charge in [0, 0.05) is 5.56 Å². The molecule has 1 aliphatic carbocycles. The third-order valence-electron chi connectivity index (χ3n) is 6.60. The number of amides is 2. The molecule has 3 aromatic rings. The van der Waals surface area contributed by atoms with Crippen molar-refractivity contribution in [3.63, 3.8) is 0 Å². The highest BCUT2D eigenvalue weighted by Crippen LogP contribution is 2.48. The molecule has 12 heteroatoms. The number of ether oxygens (including phenoxy) is 2. The van der Waals surface area contributed by atoms with Crippen molar-refractivity contribution in [2.45, 2.75) is 63.1 Å². The Balaban J connectivity index is 1.69. The average molecular weight is 590 g/mol. The molecule has 1 fully saturated rings. The van der Waals surface area contributed by atoms with Crippen LogP contribution in [0.5, 0.6) is 0 Å². The molecule has 1 atom stereocenters. The topological polar surface area (TPSA) is 110 Å². The van der Waals surface area contributed by atoms with Crippen molar-refractivity contribution in [2.75, 3.05) is 6.54 Å². The summed E-state index contributed by atoms with van der Waals surface area (Å²) in [6.45, 7) is 3.29. The van der Waals surface area contributed by atoms with E-state index in [2.05, 4.69) is 10.3 Å². The summed E-state index contributed by atoms with van der Waals surface area (Å²) < 4.78 is 67.3. The molecule has 0 radical (unpaired) electrons. The number of benzene rings is 2. The second-order valence-corrected chi connectivity index (χ2v) is 11.1. The number of nitrogens with zero attached hydrogens (tertiary/aromatic N) is 1. The Kier molecular flexibility index (Phi) is 8.49. The molecule has 1 unspecified atom stereocenters. The Bertz CT molecular complexity index is 1420. The van der Waals surface area contributed by atoms with E-state index < -0.39 is 53.2 Å². The summed E-state index contributed by atoms with van der Waals surface area (Å²) in [5, 5.41) is 15.8. The van der Waals surface area contributed by atoms with E-state index in [0.29, 0.717) is 12.8 Å². The number of carbonyl (C=O) groups excluding carboxylic acids is 2. The second-order valence-electron chi connectivity index (χ2n) is 11.1. The van der Waals surface area contributed by atoms with Crippen LogP contribution in [0.15, 0.2) is 66.7 Å². The molecule has 0 aliphatic heterocycles. The Hall–Kier alpha value is -4.19. The van der Waals surface area contributed by atoms with Crippen molar-refractivity contribution in [3.05, 3.63) is 89.4 Å². The first-order chi connectivity index (χ1) is 19.6. The molecule has 2 aromatic carbocycles. The Labute approximate surface area is 240 Å². The fourth-order valence-corrected chi connectivity index (χ4v) is 4.20. The summed E-state index contributed by atoms with van der Waals surface area (Å²) >= 11 is 0. The minimum Gasteiger partial charge on any atom is -0.445 e. The molecule has 8 nitrogen and oxygen atoms in total. The maximum atomic E-state index is 14.5.